The summed E-state index contributed by atoms with van der Waals surface area (Å²) in [5.74, 6) is 1.63. The fourth-order valence-corrected chi connectivity index (χ4v) is 3.10. The fourth-order valence-electron chi connectivity index (χ4n) is 2.76. The molecule has 4 nitrogen and oxygen atoms in total. The summed E-state index contributed by atoms with van der Waals surface area (Å²) in [6, 6.07) is 4.13. The zero-order chi connectivity index (χ0) is 12.6. The highest BCUT2D eigenvalue weighted by Gasteiger charge is 2.33. The lowest BCUT2D eigenvalue weighted by atomic mass is 10.0. The first-order valence-electron chi connectivity index (χ1n) is 6.37. The predicted molar refractivity (Wildman–Crippen MR) is 73.3 cm³/mol. The Morgan fingerprint density at radius 1 is 1.39 bits per heavy atom. The SMILES string of the molecule is Cc1cc(NC2(CCl)CCCC2)n2ncnc2c1. The van der Waals surface area contributed by atoms with Crippen molar-refractivity contribution in [1.82, 2.24) is 14.6 Å². The summed E-state index contributed by atoms with van der Waals surface area (Å²) >= 11 is 6.17. The van der Waals surface area contributed by atoms with Gasteiger partial charge < -0.3 is 5.32 Å². The van der Waals surface area contributed by atoms with Crippen LogP contribution in [0.3, 0.4) is 0 Å². The molecule has 0 aromatic carbocycles. The quantitative estimate of drug-likeness (QED) is 0.867. The molecule has 2 aromatic rings. The van der Waals surface area contributed by atoms with E-state index in [-0.39, 0.29) is 5.54 Å². The van der Waals surface area contributed by atoms with Gasteiger partial charge in [0.05, 0.1) is 5.54 Å². The molecule has 0 radical (unpaired) electrons. The van der Waals surface area contributed by atoms with Crippen molar-refractivity contribution in [3.8, 4) is 0 Å². The second-order valence-electron chi connectivity index (χ2n) is 5.19. The molecule has 1 saturated carbocycles. The molecule has 1 fully saturated rings. The number of nitrogens with one attached hydrogen (secondary N) is 1. The van der Waals surface area contributed by atoms with E-state index < -0.39 is 0 Å². The van der Waals surface area contributed by atoms with Crippen LogP contribution in [0.2, 0.25) is 0 Å². The summed E-state index contributed by atoms with van der Waals surface area (Å²) in [5.41, 5.74) is 2.08. The van der Waals surface area contributed by atoms with Gasteiger partial charge in [0.25, 0.3) is 0 Å². The van der Waals surface area contributed by atoms with Crippen LogP contribution in [0.4, 0.5) is 5.82 Å². The van der Waals surface area contributed by atoms with Crippen molar-refractivity contribution in [2.24, 2.45) is 0 Å². The Morgan fingerprint density at radius 3 is 2.89 bits per heavy atom. The lowest BCUT2D eigenvalue weighted by Crippen LogP contribution is -2.37. The van der Waals surface area contributed by atoms with E-state index in [0.717, 1.165) is 24.3 Å². The number of pyridine rings is 1. The topological polar surface area (TPSA) is 42.2 Å². The molecule has 96 valence electrons. The number of aromatic nitrogens is 3. The summed E-state index contributed by atoms with van der Waals surface area (Å²) in [4.78, 5) is 4.24. The van der Waals surface area contributed by atoms with E-state index in [1.54, 1.807) is 6.33 Å². The third-order valence-electron chi connectivity index (χ3n) is 3.73. The van der Waals surface area contributed by atoms with Gasteiger partial charge >= 0.3 is 0 Å². The number of anilines is 1. The van der Waals surface area contributed by atoms with Gasteiger partial charge in [0.2, 0.25) is 0 Å². The van der Waals surface area contributed by atoms with Crippen molar-refractivity contribution < 1.29 is 0 Å². The standard InChI is InChI=1S/C13H17ClN4/c1-10-6-11-15-9-16-18(11)12(7-10)17-13(8-14)4-2-3-5-13/h6-7,9,17H,2-5,8H2,1H3. The largest absolute Gasteiger partial charge is 0.363 e. The molecule has 1 aliphatic rings. The minimum Gasteiger partial charge on any atom is -0.363 e. The highest BCUT2D eigenvalue weighted by molar-refractivity contribution is 6.18. The highest BCUT2D eigenvalue weighted by atomic mass is 35.5. The molecule has 0 saturated heterocycles. The number of fused-ring (bicyclic) bond motifs is 1. The third-order valence-corrected chi connectivity index (χ3v) is 4.24. The predicted octanol–water partition coefficient (Wildman–Crippen LogP) is 3.00. The average molecular weight is 265 g/mol. The van der Waals surface area contributed by atoms with Crippen LogP contribution in [0.1, 0.15) is 31.2 Å². The molecular weight excluding hydrogens is 248 g/mol. The zero-order valence-electron chi connectivity index (χ0n) is 10.5. The Bertz CT molecular complexity index is 557. The maximum Gasteiger partial charge on any atom is 0.157 e. The molecule has 2 aromatic heterocycles. The fraction of sp³-hybridized carbons (Fsp3) is 0.538. The summed E-state index contributed by atoms with van der Waals surface area (Å²) < 4.78 is 1.85. The second kappa shape index (κ2) is 4.43. The van der Waals surface area contributed by atoms with Crippen LogP contribution in [0.25, 0.3) is 5.65 Å². The van der Waals surface area contributed by atoms with Gasteiger partial charge in [-0.1, -0.05) is 12.8 Å². The van der Waals surface area contributed by atoms with Crippen molar-refractivity contribution in [2.75, 3.05) is 11.2 Å². The van der Waals surface area contributed by atoms with Gasteiger partial charge in [-0.2, -0.15) is 9.61 Å². The number of rotatable bonds is 3. The Balaban J connectivity index is 2.01. The van der Waals surface area contributed by atoms with Crippen LogP contribution < -0.4 is 5.32 Å². The Kier molecular flexibility index (Phi) is 2.90. The van der Waals surface area contributed by atoms with Crippen LogP contribution >= 0.6 is 11.6 Å². The van der Waals surface area contributed by atoms with Crippen LogP contribution in [-0.2, 0) is 0 Å². The van der Waals surface area contributed by atoms with Crippen LogP contribution in [0.5, 0.6) is 0 Å². The monoisotopic (exact) mass is 264 g/mol. The van der Waals surface area contributed by atoms with Gasteiger partial charge in [-0.3, -0.25) is 0 Å². The molecular formula is C13H17ClN4. The first kappa shape index (κ1) is 11.8. The van der Waals surface area contributed by atoms with Crippen molar-refractivity contribution in [2.45, 2.75) is 38.1 Å². The molecule has 0 spiro atoms. The molecule has 0 atom stereocenters. The van der Waals surface area contributed by atoms with Gasteiger partial charge in [-0.25, -0.2) is 4.98 Å². The zero-order valence-corrected chi connectivity index (χ0v) is 11.2. The minimum absolute atomic E-state index is 0.0221. The van der Waals surface area contributed by atoms with Crippen molar-refractivity contribution >= 4 is 23.1 Å². The number of alkyl halides is 1. The van der Waals surface area contributed by atoms with E-state index in [4.69, 9.17) is 11.6 Å². The van der Waals surface area contributed by atoms with Gasteiger partial charge in [0.1, 0.15) is 12.1 Å². The number of hydrogen-bond donors (Lipinski definition) is 1. The van der Waals surface area contributed by atoms with Crippen molar-refractivity contribution in [1.29, 1.82) is 0 Å². The van der Waals surface area contributed by atoms with Gasteiger partial charge in [-0.15, -0.1) is 11.6 Å². The molecule has 1 N–H and O–H groups in total. The summed E-state index contributed by atoms with van der Waals surface area (Å²) in [7, 11) is 0. The molecule has 0 bridgehead atoms. The minimum atomic E-state index is 0.0221. The third kappa shape index (κ3) is 1.94. The normalized spacial score (nSPS) is 18.3. The van der Waals surface area contributed by atoms with Crippen molar-refractivity contribution in [3.05, 3.63) is 24.0 Å². The molecule has 18 heavy (non-hydrogen) atoms. The maximum atomic E-state index is 6.17. The maximum absolute atomic E-state index is 6.17. The Morgan fingerprint density at radius 2 is 2.17 bits per heavy atom. The summed E-state index contributed by atoms with van der Waals surface area (Å²) in [6.45, 7) is 2.07. The number of nitrogens with zero attached hydrogens (tertiary/aromatic N) is 3. The van der Waals surface area contributed by atoms with Gasteiger partial charge in [0, 0.05) is 5.88 Å². The lowest BCUT2D eigenvalue weighted by Gasteiger charge is -2.29. The smallest absolute Gasteiger partial charge is 0.157 e. The lowest BCUT2D eigenvalue weighted by molar-refractivity contribution is 0.535. The Hall–Kier alpha value is -1.29. The second-order valence-corrected chi connectivity index (χ2v) is 5.46. The molecule has 2 heterocycles. The molecule has 0 aliphatic heterocycles. The Labute approximate surface area is 111 Å². The summed E-state index contributed by atoms with van der Waals surface area (Å²) in [5, 5.41) is 7.87. The van der Waals surface area contributed by atoms with E-state index in [0.29, 0.717) is 5.88 Å². The van der Waals surface area contributed by atoms with E-state index in [2.05, 4.69) is 28.4 Å². The van der Waals surface area contributed by atoms with E-state index in [1.807, 2.05) is 10.6 Å². The highest BCUT2D eigenvalue weighted by Crippen LogP contribution is 2.34. The van der Waals surface area contributed by atoms with Crippen LogP contribution in [0, 0.1) is 6.92 Å². The van der Waals surface area contributed by atoms with E-state index in [1.165, 1.54) is 18.4 Å². The van der Waals surface area contributed by atoms with E-state index >= 15 is 0 Å². The van der Waals surface area contributed by atoms with Gasteiger partial charge in [0.15, 0.2) is 5.65 Å². The first-order valence-corrected chi connectivity index (χ1v) is 6.90. The molecule has 0 unspecified atom stereocenters. The van der Waals surface area contributed by atoms with Crippen LogP contribution in [0.15, 0.2) is 18.5 Å². The summed E-state index contributed by atoms with van der Waals surface area (Å²) in [6.07, 6.45) is 6.32. The molecule has 3 rings (SSSR count). The van der Waals surface area contributed by atoms with E-state index in [9.17, 15) is 0 Å². The number of aryl methyl sites for hydroxylation is 1. The number of hydrogen-bond acceptors (Lipinski definition) is 3. The molecule has 1 aliphatic carbocycles. The van der Waals surface area contributed by atoms with Gasteiger partial charge in [-0.05, 0) is 37.5 Å². The first-order chi connectivity index (χ1) is 8.72. The number of halogens is 1. The average Bonchev–Trinajstić information content (AvgIpc) is 2.98. The van der Waals surface area contributed by atoms with Crippen molar-refractivity contribution in [3.63, 3.8) is 0 Å². The van der Waals surface area contributed by atoms with Crippen LogP contribution in [-0.4, -0.2) is 26.0 Å². The molecule has 0 amide bonds. The molecule has 5 heteroatoms.